The second-order valence-electron chi connectivity index (χ2n) is 6.29. The number of hydrogen-bond donors (Lipinski definition) is 2. The average molecular weight is 394 g/mol. The number of pyridine rings is 1. The average Bonchev–Trinajstić information content (AvgIpc) is 2.91. The van der Waals surface area contributed by atoms with E-state index in [0.717, 1.165) is 45.3 Å². The summed E-state index contributed by atoms with van der Waals surface area (Å²) in [4.78, 5) is 17.6. The topological polar surface area (TPSA) is 68.0 Å². The number of amides is 1. The summed E-state index contributed by atoms with van der Waals surface area (Å²) in [6, 6.07) is 4.17. The van der Waals surface area contributed by atoms with E-state index in [4.69, 9.17) is 5.73 Å². The molecule has 3 N–H and O–H groups in total. The number of fused-ring (bicyclic) bond motifs is 1. The minimum Gasteiger partial charge on any atom is -0.388 e. The maximum absolute atomic E-state index is 12.1. The molecule has 3 heterocycles. The van der Waals surface area contributed by atoms with E-state index in [-0.39, 0.29) is 11.8 Å². The maximum Gasteiger partial charge on any atom is 0.247 e. The lowest BCUT2D eigenvalue weighted by Gasteiger charge is -2.28. The minimum atomic E-state index is -0.313. The van der Waals surface area contributed by atoms with E-state index in [1.54, 1.807) is 17.5 Å². The van der Waals surface area contributed by atoms with Crippen LogP contribution in [0.25, 0.3) is 10.1 Å². The number of carbonyl (C=O) groups excluding carboxylic acids is 1. The van der Waals surface area contributed by atoms with Gasteiger partial charge in [0, 0.05) is 34.8 Å². The monoisotopic (exact) mass is 393 g/mol. The Morgan fingerprint density at radius 2 is 2.35 bits per heavy atom. The van der Waals surface area contributed by atoms with Crippen molar-refractivity contribution in [1.29, 1.82) is 0 Å². The zero-order valence-corrected chi connectivity index (χ0v) is 15.6. The predicted octanol–water partition coefficient (Wildman–Crippen LogP) is 3.92. The molecule has 1 atom stereocenters. The molecule has 0 saturated heterocycles. The van der Waals surface area contributed by atoms with Crippen LogP contribution < -0.4 is 11.1 Å². The molecule has 23 heavy (non-hydrogen) atoms. The molecule has 0 saturated carbocycles. The third kappa shape index (κ3) is 3.28. The van der Waals surface area contributed by atoms with Crippen LogP contribution in [0.3, 0.4) is 0 Å². The van der Waals surface area contributed by atoms with Crippen LogP contribution in [0.4, 0.5) is 0 Å². The summed E-state index contributed by atoms with van der Waals surface area (Å²) in [5.74, 6) is 0.241. The van der Waals surface area contributed by atoms with Gasteiger partial charge in [-0.2, -0.15) is 0 Å². The SMILES string of the molecule is CC(C)CC1=C(C(N)=O)C(c2cc3ccnc(Br)c3s2)CCN1. The fourth-order valence-electron chi connectivity index (χ4n) is 3.14. The summed E-state index contributed by atoms with van der Waals surface area (Å²) in [7, 11) is 0. The summed E-state index contributed by atoms with van der Waals surface area (Å²) in [6.45, 7) is 5.18. The third-order valence-corrected chi connectivity index (χ3v) is 6.21. The summed E-state index contributed by atoms with van der Waals surface area (Å²) in [5.41, 5.74) is 7.49. The number of halogens is 1. The Hall–Kier alpha value is -1.40. The van der Waals surface area contributed by atoms with Gasteiger partial charge in [0.2, 0.25) is 5.91 Å². The Bertz CT molecular complexity index is 781. The zero-order valence-electron chi connectivity index (χ0n) is 13.2. The highest BCUT2D eigenvalue weighted by Crippen LogP contribution is 2.41. The van der Waals surface area contributed by atoms with Gasteiger partial charge in [0.25, 0.3) is 0 Å². The molecule has 0 radical (unpaired) electrons. The predicted molar refractivity (Wildman–Crippen MR) is 98.4 cm³/mol. The Kier molecular flexibility index (Phi) is 4.73. The van der Waals surface area contributed by atoms with Crippen molar-refractivity contribution in [1.82, 2.24) is 10.3 Å². The van der Waals surface area contributed by atoms with Gasteiger partial charge in [-0.15, -0.1) is 11.3 Å². The molecule has 0 fully saturated rings. The number of nitrogens with zero attached hydrogens (tertiary/aromatic N) is 1. The van der Waals surface area contributed by atoms with Crippen molar-refractivity contribution < 1.29 is 4.79 Å². The van der Waals surface area contributed by atoms with E-state index >= 15 is 0 Å². The van der Waals surface area contributed by atoms with Crippen molar-refractivity contribution in [2.24, 2.45) is 11.7 Å². The first-order chi connectivity index (χ1) is 11.0. The lowest BCUT2D eigenvalue weighted by molar-refractivity contribution is -0.115. The van der Waals surface area contributed by atoms with Crippen LogP contribution in [0.2, 0.25) is 0 Å². The molecule has 2 aromatic heterocycles. The molecular weight excluding hydrogens is 374 g/mol. The van der Waals surface area contributed by atoms with Crippen LogP contribution in [-0.2, 0) is 4.79 Å². The first-order valence-electron chi connectivity index (χ1n) is 7.78. The van der Waals surface area contributed by atoms with E-state index in [1.807, 2.05) is 6.07 Å². The normalized spacial score (nSPS) is 18.5. The number of nitrogens with two attached hydrogens (primary N) is 1. The second-order valence-corrected chi connectivity index (χ2v) is 8.13. The van der Waals surface area contributed by atoms with E-state index in [9.17, 15) is 4.79 Å². The number of allylic oxidation sites excluding steroid dienone is 1. The molecule has 4 nitrogen and oxygen atoms in total. The van der Waals surface area contributed by atoms with Gasteiger partial charge in [0.1, 0.15) is 4.60 Å². The molecule has 0 aliphatic carbocycles. The molecule has 1 amide bonds. The van der Waals surface area contributed by atoms with Crippen LogP contribution in [0.5, 0.6) is 0 Å². The van der Waals surface area contributed by atoms with E-state index in [0.29, 0.717) is 5.92 Å². The standard InChI is InChI=1S/C17H20BrN3OS/c1-9(2)7-12-14(17(19)22)11(4-6-20-12)13-8-10-3-5-21-16(18)15(10)23-13/h3,5,8-9,11,20H,4,6-7H2,1-2H3,(H2,19,22). The van der Waals surface area contributed by atoms with Gasteiger partial charge < -0.3 is 11.1 Å². The van der Waals surface area contributed by atoms with Gasteiger partial charge in [0.05, 0.1) is 4.70 Å². The number of primary amides is 1. The summed E-state index contributed by atoms with van der Waals surface area (Å²) in [5, 5.41) is 4.54. The lowest BCUT2D eigenvalue weighted by atomic mass is 9.86. The van der Waals surface area contributed by atoms with E-state index < -0.39 is 0 Å². The summed E-state index contributed by atoms with van der Waals surface area (Å²) >= 11 is 5.20. The van der Waals surface area contributed by atoms with Crippen LogP contribution in [0, 0.1) is 5.92 Å². The van der Waals surface area contributed by atoms with Gasteiger partial charge in [-0.3, -0.25) is 4.79 Å². The molecule has 1 unspecified atom stereocenters. The molecule has 0 bridgehead atoms. The highest BCUT2D eigenvalue weighted by atomic mass is 79.9. The number of aromatic nitrogens is 1. The Balaban J connectivity index is 2.08. The summed E-state index contributed by atoms with van der Waals surface area (Å²) in [6.07, 6.45) is 3.53. The van der Waals surface area contributed by atoms with Gasteiger partial charge in [-0.05, 0) is 52.2 Å². The first kappa shape index (κ1) is 16.5. The van der Waals surface area contributed by atoms with Gasteiger partial charge >= 0.3 is 0 Å². The molecule has 2 aromatic rings. The van der Waals surface area contributed by atoms with Crippen molar-refractivity contribution in [3.63, 3.8) is 0 Å². The maximum atomic E-state index is 12.1. The fourth-order valence-corrected chi connectivity index (χ4v) is 4.91. The van der Waals surface area contributed by atoms with Crippen molar-refractivity contribution in [3.8, 4) is 0 Å². The van der Waals surface area contributed by atoms with Crippen molar-refractivity contribution in [2.75, 3.05) is 6.54 Å². The van der Waals surface area contributed by atoms with Gasteiger partial charge in [-0.1, -0.05) is 13.8 Å². The Morgan fingerprint density at radius 1 is 1.57 bits per heavy atom. The molecule has 0 spiro atoms. The molecule has 0 aromatic carbocycles. The quantitative estimate of drug-likeness (QED) is 0.773. The molecule has 1 aliphatic rings. The number of rotatable bonds is 4. The highest BCUT2D eigenvalue weighted by molar-refractivity contribution is 9.10. The number of hydrogen-bond acceptors (Lipinski definition) is 4. The van der Waals surface area contributed by atoms with Crippen molar-refractivity contribution in [2.45, 2.75) is 32.6 Å². The van der Waals surface area contributed by atoms with Crippen molar-refractivity contribution in [3.05, 3.63) is 39.1 Å². The first-order valence-corrected chi connectivity index (χ1v) is 9.39. The van der Waals surface area contributed by atoms with E-state index in [2.05, 4.69) is 46.1 Å². The van der Waals surface area contributed by atoms with Gasteiger partial charge in [-0.25, -0.2) is 4.98 Å². The third-order valence-electron chi connectivity index (χ3n) is 4.08. The molecule has 6 heteroatoms. The smallest absolute Gasteiger partial charge is 0.247 e. The zero-order chi connectivity index (χ0) is 16.6. The Labute approximate surface area is 148 Å². The summed E-state index contributed by atoms with van der Waals surface area (Å²) < 4.78 is 1.97. The lowest BCUT2D eigenvalue weighted by Crippen LogP contribution is -2.33. The largest absolute Gasteiger partial charge is 0.388 e. The Morgan fingerprint density at radius 3 is 3.00 bits per heavy atom. The van der Waals surface area contributed by atoms with Crippen LogP contribution >= 0.6 is 27.3 Å². The van der Waals surface area contributed by atoms with Crippen LogP contribution in [0.1, 0.15) is 37.5 Å². The van der Waals surface area contributed by atoms with Gasteiger partial charge in [0.15, 0.2) is 0 Å². The molecular formula is C17H20BrN3OS. The number of carbonyl (C=O) groups is 1. The second kappa shape index (κ2) is 6.61. The molecule has 122 valence electrons. The van der Waals surface area contributed by atoms with Crippen molar-refractivity contribution >= 4 is 43.3 Å². The molecule has 3 rings (SSSR count). The van der Waals surface area contributed by atoms with Crippen LogP contribution in [-0.4, -0.2) is 17.4 Å². The number of thiophene rings is 1. The minimum absolute atomic E-state index is 0.0757. The van der Waals surface area contributed by atoms with Crippen LogP contribution in [0.15, 0.2) is 34.2 Å². The highest BCUT2D eigenvalue weighted by Gasteiger charge is 2.29. The fraction of sp³-hybridized carbons (Fsp3) is 0.412. The number of nitrogens with one attached hydrogen (secondary N) is 1. The molecule has 1 aliphatic heterocycles. The van der Waals surface area contributed by atoms with E-state index in [1.165, 1.54) is 4.88 Å².